The third-order valence-corrected chi connectivity index (χ3v) is 8.56. The maximum atomic E-state index is 6.10. The largest absolute Gasteiger partial charge is 0.361 e. The summed E-state index contributed by atoms with van der Waals surface area (Å²) in [7, 11) is 5.65. The molecule has 2 aliphatic carbocycles. The number of benzene rings is 2. The van der Waals surface area contributed by atoms with Crippen molar-refractivity contribution in [3.63, 3.8) is 0 Å². The lowest BCUT2D eigenvalue weighted by Crippen LogP contribution is -2.48. The number of allylic oxidation sites excluding steroid dienone is 2. The molecule has 3 aliphatic rings. The van der Waals surface area contributed by atoms with Crippen LogP contribution in [0, 0.1) is 0 Å². The van der Waals surface area contributed by atoms with E-state index in [1.54, 1.807) is 26.0 Å². The van der Waals surface area contributed by atoms with Crippen molar-refractivity contribution in [1.82, 2.24) is 10.2 Å². The van der Waals surface area contributed by atoms with E-state index in [9.17, 15) is 0 Å². The minimum Gasteiger partial charge on any atom is -0.361 e. The standard InChI is InChI=1S/C31H41N3O2S/c1-6-34(26-18-24(22-9-10-22)17-25(19-26)23-11-12-23)29-16-15-28(33(2)31(29)36-4)30(35-3)32-20-21-7-13-27(37-5)14-8-21/h7-8,13-19,22-23,30-32H,6,9-12,20H2,1-5H3. The Morgan fingerprint density at radius 1 is 1.00 bits per heavy atom. The normalized spacial score (nSPS) is 20.5. The molecule has 37 heavy (non-hydrogen) atoms. The van der Waals surface area contributed by atoms with Gasteiger partial charge in [0.2, 0.25) is 0 Å². The summed E-state index contributed by atoms with van der Waals surface area (Å²) in [4.78, 5) is 5.90. The number of hydrogen-bond acceptors (Lipinski definition) is 6. The number of thioether (sulfide) groups is 1. The molecule has 0 saturated heterocycles. The zero-order chi connectivity index (χ0) is 25.9. The third-order valence-electron chi connectivity index (χ3n) is 7.81. The average molecular weight is 520 g/mol. The number of likely N-dealkylation sites (N-methyl/N-ethyl adjacent to an activating group) is 2. The van der Waals surface area contributed by atoms with Gasteiger partial charge in [-0.15, -0.1) is 11.8 Å². The molecule has 2 saturated carbocycles. The molecule has 2 unspecified atom stereocenters. The van der Waals surface area contributed by atoms with Crippen molar-refractivity contribution >= 4 is 17.4 Å². The van der Waals surface area contributed by atoms with Crippen LogP contribution in [0.1, 0.15) is 61.1 Å². The predicted molar refractivity (Wildman–Crippen MR) is 154 cm³/mol. The van der Waals surface area contributed by atoms with Crippen LogP contribution >= 0.6 is 11.8 Å². The molecule has 1 N–H and O–H groups in total. The third kappa shape index (κ3) is 5.93. The summed E-state index contributed by atoms with van der Waals surface area (Å²) in [6.07, 6.45) is 11.4. The molecular weight excluding hydrogens is 478 g/mol. The van der Waals surface area contributed by atoms with Crippen molar-refractivity contribution in [1.29, 1.82) is 0 Å². The first kappa shape index (κ1) is 26.4. The van der Waals surface area contributed by atoms with Crippen molar-refractivity contribution in [2.75, 3.05) is 39.0 Å². The van der Waals surface area contributed by atoms with E-state index in [1.165, 1.54) is 53.0 Å². The van der Waals surface area contributed by atoms with Crippen LogP contribution in [0.3, 0.4) is 0 Å². The average Bonchev–Trinajstić information content (AvgIpc) is 3.84. The van der Waals surface area contributed by atoms with E-state index in [-0.39, 0.29) is 12.5 Å². The van der Waals surface area contributed by atoms with E-state index in [0.717, 1.165) is 36.3 Å². The second-order valence-corrected chi connectivity index (χ2v) is 11.3. The maximum absolute atomic E-state index is 6.10. The first-order chi connectivity index (χ1) is 18.1. The van der Waals surface area contributed by atoms with Gasteiger partial charge >= 0.3 is 0 Å². The summed E-state index contributed by atoms with van der Waals surface area (Å²) >= 11 is 1.76. The van der Waals surface area contributed by atoms with Crippen LogP contribution in [0.4, 0.5) is 5.69 Å². The van der Waals surface area contributed by atoms with E-state index in [4.69, 9.17) is 9.47 Å². The summed E-state index contributed by atoms with van der Waals surface area (Å²) in [5.41, 5.74) is 7.78. The summed E-state index contributed by atoms with van der Waals surface area (Å²) in [6, 6.07) is 16.0. The summed E-state index contributed by atoms with van der Waals surface area (Å²) in [5.74, 6) is 1.49. The van der Waals surface area contributed by atoms with Gasteiger partial charge in [0.05, 0.1) is 11.4 Å². The molecule has 5 nitrogen and oxygen atoms in total. The summed E-state index contributed by atoms with van der Waals surface area (Å²) in [6.45, 7) is 3.85. The highest BCUT2D eigenvalue weighted by Gasteiger charge is 2.33. The molecule has 6 heteroatoms. The Morgan fingerprint density at radius 3 is 2.16 bits per heavy atom. The van der Waals surface area contributed by atoms with Gasteiger partial charge in [0, 0.05) is 44.9 Å². The molecule has 2 aromatic carbocycles. The molecule has 1 aliphatic heterocycles. The smallest absolute Gasteiger partial charge is 0.170 e. The lowest BCUT2D eigenvalue weighted by atomic mass is 10.0. The maximum Gasteiger partial charge on any atom is 0.170 e. The lowest BCUT2D eigenvalue weighted by Gasteiger charge is -2.41. The van der Waals surface area contributed by atoms with Gasteiger partial charge in [-0.25, -0.2) is 0 Å². The van der Waals surface area contributed by atoms with Crippen LogP contribution in [0.25, 0.3) is 0 Å². The SMILES string of the molecule is CCN(C1=CC=C(C(NCc2ccc(SC)cc2)OC)N(C)C1OC)c1cc(C2CC2)cc(C2CC2)c1. The van der Waals surface area contributed by atoms with Gasteiger partial charge in [0.15, 0.2) is 6.23 Å². The highest BCUT2D eigenvalue weighted by molar-refractivity contribution is 7.98. The number of rotatable bonds is 12. The zero-order valence-corrected chi connectivity index (χ0v) is 23.7. The molecule has 0 aromatic heterocycles. The Balaban J connectivity index is 1.39. The van der Waals surface area contributed by atoms with Gasteiger partial charge in [-0.05, 0) is 104 Å². The summed E-state index contributed by atoms with van der Waals surface area (Å²) in [5, 5.41) is 3.57. The van der Waals surface area contributed by atoms with Gasteiger partial charge in [-0.3, -0.25) is 5.32 Å². The topological polar surface area (TPSA) is 37.0 Å². The van der Waals surface area contributed by atoms with Gasteiger partial charge < -0.3 is 19.3 Å². The minimum atomic E-state index is -0.240. The van der Waals surface area contributed by atoms with Gasteiger partial charge in [-0.2, -0.15) is 0 Å². The Morgan fingerprint density at radius 2 is 1.65 bits per heavy atom. The Hall–Kier alpha value is -2.25. The van der Waals surface area contributed by atoms with Crippen molar-refractivity contribution in [2.24, 2.45) is 0 Å². The van der Waals surface area contributed by atoms with Crippen LogP contribution in [0.15, 0.2) is 70.9 Å². The molecule has 5 rings (SSSR count). The summed E-state index contributed by atoms with van der Waals surface area (Å²) < 4.78 is 12.0. The van der Waals surface area contributed by atoms with Crippen molar-refractivity contribution in [3.8, 4) is 0 Å². The molecule has 0 bridgehead atoms. The van der Waals surface area contributed by atoms with Crippen molar-refractivity contribution in [3.05, 3.63) is 82.7 Å². The van der Waals surface area contributed by atoms with Crippen LogP contribution in [-0.4, -0.2) is 51.4 Å². The molecule has 2 fully saturated rings. The number of nitrogens with zero attached hydrogens (tertiary/aromatic N) is 2. The molecule has 2 aromatic rings. The fraction of sp³-hybridized carbons (Fsp3) is 0.484. The molecule has 198 valence electrons. The number of nitrogens with one attached hydrogen (secondary N) is 1. The van der Waals surface area contributed by atoms with Crippen LogP contribution < -0.4 is 10.2 Å². The molecule has 0 radical (unpaired) electrons. The number of ether oxygens (including phenoxy) is 2. The molecule has 1 heterocycles. The molecule has 2 atom stereocenters. The lowest BCUT2D eigenvalue weighted by molar-refractivity contribution is -0.00387. The van der Waals surface area contributed by atoms with Gasteiger partial charge in [0.25, 0.3) is 0 Å². The zero-order valence-electron chi connectivity index (χ0n) is 22.9. The molecule has 0 spiro atoms. The second kappa shape index (κ2) is 11.6. The Labute approximate surface area is 226 Å². The van der Waals surface area contributed by atoms with Crippen LogP contribution in [-0.2, 0) is 16.0 Å². The van der Waals surface area contributed by atoms with Crippen molar-refractivity contribution in [2.45, 2.75) is 68.3 Å². The van der Waals surface area contributed by atoms with Crippen molar-refractivity contribution < 1.29 is 9.47 Å². The first-order valence-electron chi connectivity index (χ1n) is 13.5. The number of hydrogen-bond donors (Lipinski definition) is 1. The minimum absolute atomic E-state index is 0.200. The Kier molecular flexibility index (Phi) is 8.30. The fourth-order valence-electron chi connectivity index (χ4n) is 5.38. The van der Waals surface area contributed by atoms with E-state index in [0.29, 0.717) is 0 Å². The van der Waals surface area contributed by atoms with E-state index in [2.05, 4.69) is 90.0 Å². The van der Waals surface area contributed by atoms with E-state index < -0.39 is 0 Å². The predicted octanol–water partition coefficient (Wildman–Crippen LogP) is 6.44. The van der Waals surface area contributed by atoms with Gasteiger partial charge in [0.1, 0.15) is 6.23 Å². The quantitative estimate of drug-likeness (QED) is 0.257. The Bertz CT molecular complexity index is 1110. The van der Waals surface area contributed by atoms with E-state index >= 15 is 0 Å². The highest BCUT2D eigenvalue weighted by atomic mass is 32.2. The second-order valence-electron chi connectivity index (χ2n) is 10.4. The molecular formula is C31H41N3O2S. The number of methoxy groups -OCH3 is 2. The fourth-order valence-corrected chi connectivity index (χ4v) is 5.78. The van der Waals surface area contributed by atoms with Gasteiger partial charge in [-0.1, -0.05) is 18.2 Å². The highest BCUT2D eigenvalue weighted by Crippen LogP contribution is 2.47. The number of anilines is 1. The first-order valence-corrected chi connectivity index (χ1v) is 14.8. The van der Waals surface area contributed by atoms with Crippen LogP contribution in [0.5, 0.6) is 0 Å². The molecule has 0 amide bonds. The monoisotopic (exact) mass is 519 g/mol. The van der Waals surface area contributed by atoms with Crippen LogP contribution in [0.2, 0.25) is 0 Å². The van der Waals surface area contributed by atoms with E-state index in [1.807, 2.05) is 0 Å².